The van der Waals surface area contributed by atoms with Crippen molar-refractivity contribution in [2.24, 2.45) is 0 Å². The van der Waals surface area contributed by atoms with Crippen LogP contribution in [0.4, 0.5) is 0 Å². The summed E-state index contributed by atoms with van der Waals surface area (Å²) in [6.45, 7) is 3.33. The lowest BCUT2D eigenvalue weighted by atomic mass is 10.2. The minimum atomic E-state index is 0.140. The van der Waals surface area contributed by atoms with Gasteiger partial charge in [-0.25, -0.2) is 0 Å². The minimum Gasteiger partial charge on any atom is -0.462 e. The molecule has 4 nitrogen and oxygen atoms in total. The first kappa shape index (κ1) is 12.2. The van der Waals surface area contributed by atoms with Crippen LogP contribution in [0.2, 0.25) is 0 Å². The third-order valence-electron chi connectivity index (χ3n) is 2.28. The van der Waals surface area contributed by atoms with Crippen LogP contribution in [-0.2, 0) is 17.9 Å². The molecule has 1 aromatic heterocycles. The highest BCUT2D eigenvalue weighted by molar-refractivity contribution is 5.06. The third kappa shape index (κ3) is 4.03. The first-order chi connectivity index (χ1) is 7.30. The van der Waals surface area contributed by atoms with Gasteiger partial charge in [-0.15, -0.1) is 0 Å². The molecule has 0 aliphatic carbocycles. The summed E-state index contributed by atoms with van der Waals surface area (Å²) in [6.07, 6.45) is 0.905. The van der Waals surface area contributed by atoms with Crippen LogP contribution in [0.1, 0.15) is 24.9 Å². The monoisotopic (exact) mass is 213 g/mol. The van der Waals surface area contributed by atoms with Crippen molar-refractivity contribution in [2.45, 2.75) is 32.5 Å². The maximum atomic E-state index is 8.98. The smallest absolute Gasteiger partial charge is 0.129 e. The van der Waals surface area contributed by atoms with Crippen LogP contribution in [0.25, 0.3) is 0 Å². The molecular weight excluding hydrogens is 194 g/mol. The van der Waals surface area contributed by atoms with E-state index >= 15 is 0 Å². The number of rotatable bonds is 7. The molecule has 0 aromatic carbocycles. The second-order valence-electron chi connectivity index (χ2n) is 3.47. The Kier molecular flexibility index (Phi) is 5.39. The number of hydrogen-bond donors (Lipinski definition) is 2. The summed E-state index contributed by atoms with van der Waals surface area (Å²) in [5.74, 6) is 1.69. The summed E-state index contributed by atoms with van der Waals surface area (Å²) in [4.78, 5) is 0. The van der Waals surface area contributed by atoms with Gasteiger partial charge in [0.1, 0.15) is 18.1 Å². The van der Waals surface area contributed by atoms with Gasteiger partial charge in [0.25, 0.3) is 0 Å². The molecule has 2 N–H and O–H groups in total. The van der Waals surface area contributed by atoms with Crippen LogP contribution >= 0.6 is 0 Å². The van der Waals surface area contributed by atoms with Gasteiger partial charge in [0.15, 0.2) is 0 Å². The lowest BCUT2D eigenvalue weighted by molar-refractivity contribution is 0.162. The molecule has 15 heavy (non-hydrogen) atoms. The molecule has 0 saturated heterocycles. The second-order valence-corrected chi connectivity index (χ2v) is 3.47. The molecule has 86 valence electrons. The molecular formula is C11H19NO3. The Morgan fingerprint density at radius 3 is 2.80 bits per heavy atom. The first-order valence-electron chi connectivity index (χ1n) is 5.21. The van der Waals surface area contributed by atoms with E-state index in [-0.39, 0.29) is 12.6 Å². The Bertz CT molecular complexity index is 269. The van der Waals surface area contributed by atoms with Gasteiger partial charge in [-0.1, -0.05) is 6.92 Å². The molecule has 0 radical (unpaired) electrons. The van der Waals surface area contributed by atoms with E-state index < -0.39 is 0 Å². The van der Waals surface area contributed by atoms with Gasteiger partial charge in [-0.05, 0) is 18.6 Å². The topological polar surface area (TPSA) is 54.6 Å². The van der Waals surface area contributed by atoms with E-state index in [0.29, 0.717) is 13.2 Å². The van der Waals surface area contributed by atoms with Gasteiger partial charge in [-0.3, -0.25) is 0 Å². The summed E-state index contributed by atoms with van der Waals surface area (Å²) in [6, 6.07) is 3.97. The Morgan fingerprint density at radius 1 is 1.47 bits per heavy atom. The molecule has 0 spiro atoms. The highest BCUT2D eigenvalue weighted by Crippen LogP contribution is 2.08. The van der Waals surface area contributed by atoms with Crippen LogP contribution in [0.5, 0.6) is 0 Å². The maximum absolute atomic E-state index is 8.98. The van der Waals surface area contributed by atoms with Crippen LogP contribution in [-0.4, -0.2) is 24.9 Å². The number of hydrogen-bond acceptors (Lipinski definition) is 4. The molecule has 1 atom stereocenters. The van der Waals surface area contributed by atoms with Gasteiger partial charge in [-0.2, -0.15) is 0 Å². The number of ether oxygens (including phenoxy) is 1. The summed E-state index contributed by atoms with van der Waals surface area (Å²) >= 11 is 0. The third-order valence-corrected chi connectivity index (χ3v) is 2.28. The van der Waals surface area contributed by atoms with Crippen LogP contribution in [0.3, 0.4) is 0 Å². The summed E-state index contributed by atoms with van der Waals surface area (Å²) in [5, 5.41) is 12.2. The van der Waals surface area contributed by atoms with Crippen LogP contribution in [0.15, 0.2) is 16.5 Å². The standard InChI is InChI=1S/C11H19NO3/c1-3-9(7-13)12-6-10-4-5-11(15-10)8-14-2/h4-5,9,12-13H,3,6-8H2,1-2H3. The predicted molar refractivity (Wildman–Crippen MR) is 57.4 cm³/mol. The van der Waals surface area contributed by atoms with E-state index in [1.54, 1.807) is 7.11 Å². The maximum Gasteiger partial charge on any atom is 0.129 e. The second kappa shape index (κ2) is 6.61. The van der Waals surface area contributed by atoms with E-state index in [9.17, 15) is 0 Å². The first-order valence-corrected chi connectivity index (χ1v) is 5.21. The normalized spacial score (nSPS) is 13.0. The van der Waals surface area contributed by atoms with Crippen molar-refractivity contribution in [2.75, 3.05) is 13.7 Å². The number of methoxy groups -OCH3 is 1. The lowest BCUT2D eigenvalue weighted by Crippen LogP contribution is -2.30. The molecule has 0 aliphatic rings. The van der Waals surface area contributed by atoms with Gasteiger partial charge in [0.2, 0.25) is 0 Å². The minimum absolute atomic E-state index is 0.140. The average Bonchev–Trinajstić information content (AvgIpc) is 2.68. The van der Waals surface area contributed by atoms with E-state index in [1.807, 2.05) is 19.1 Å². The number of aliphatic hydroxyl groups excluding tert-OH is 1. The van der Waals surface area contributed by atoms with E-state index in [2.05, 4.69) is 5.32 Å². The zero-order valence-corrected chi connectivity index (χ0v) is 9.32. The molecule has 1 heterocycles. The predicted octanol–water partition coefficient (Wildman–Crippen LogP) is 1.29. The van der Waals surface area contributed by atoms with Gasteiger partial charge < -0.3 is 19.6 Å². The molecule has 1 unspecified atom stereocenters. The number of furan rings is 1. The largest absolute Gasteiger partial charge is 0.462 e. The van der Waals surface area contributed by atoms with Gasteiger partial charge in [0.05, 0.1) is 13.2 Å². The van der Waals surface area contributed by atoms with Crippen molar-refractivity contribution >= 4 is 0 Å². The van der Waals surface area contributed by atoms with Crippen molar-refractivity contribution in [3.8, 4) is 0 Å². The van der Waals surface area contributed by atoms with Crippen molar-refractivity contribution in [3.05, 3.63) is 23.7 Å². The van der Waals surface area contributed by atoms with Crippen molar-refractivity contribution in [1.29, 1.82) is 0 Å². The fourth-order valence-corrected chi connectivity index (χ4v) is 1.32. The molecule has 0 aliphatic heterocycles. The Hall–Kier alpha value is -0.840. The van der Waals surface area contributed by atoms with E-state index in [1.165, 1.54) is 0 Å². The molecule has 0 saturated carbocycles. The quantitative estimate of drug-likeness (QED) is 0.716. The van der Waals surface area contributed by atoms with Crippen molar-refractivity contribution in [1.82, 2.24) is 5.32 Å². The Morgan fingerprint density at radius 2 is 2.20 bits per heavy atom. The van der Waals surface area contributed by atoms with Crippen molar-refractivity contribution < 1.29 is 14.3 Å². The Labute approximate surface area is 90.2 Å². The number of nitrogens with one attached hydrogen (secondary N) is 1. The lowest BCUT2D eigenvalue weighted by Gasteiger charge is -2.12. The summed E-state index contributed by atoms with van der Waals surface area (Å²) in [5.41, 5.74) is 0. The molecule has 0 amide bonds. The highest BCUT2D eigenvalue weighted by atomic mass is 16.5. The zero-order valence-electron chi connectivity index (χ0n) is 9.32. The molecule has 4 heteroatoms. The average molecular weight is 213 g/mol. The fraction of sp³-hybridized carbons (Fsp3) is 0.636. The van der Waals surface area contributed by atoms with Crippen molar-refractivity contribution in [3.63, 3.8) is 0 Å². The molecule has 1 aromatic rings. The zero-order chi connectivity index (χ0) is 11.1. The Balaban J connectivity index is 2.36. The molecule has 0 bridgehead atoms. The summed E-state index contributed by atoms with van der Waals surface area (Å²) < 4.78 is 10.4. The summed E-state index contributed by atoms with van der Waals surface area (Å²) in [7, 11) is 1.64. The van der Waals surface area contributed by atoms with Gasteiger partial charge in [0, 0.05) is 13.2 Å². The SMILES string of the molecule is CCC(CO)NCc1ccc(COC)o1. The highest BCUT2D eigenvalue weighted by Gasteiger charge is 2.06. The fourth-order valence-electron chi connectivity index (χ4n) is 1.32. The van der Waals surface area contributed by atoms with E-state index in [4.69, 9.17) is 14.3 Å². The number of aliphatic hydroxyl groups is 1. The molecule has 0 fully saturated rings. The molecule has 1 rings (SSSR count). The van der Waals surface area contributed by atoms with Crippen LogP contribution < -0.4 is 5.32 Å². The van der Waals surface area contributed by atoms with Gasteiger partial charge >= 0.3 is 0 Å². The van der Waals surface area contributed by atoms with Crippen LogP contribution in [0, 0.1) is 0 Å². The van der Waals surface area contributed by atoms with E-state index in [0.717, 1.165) is 17.9 Å².